The lowest BCUT2D eigenvalue weighted by Gasteiger charge is -2.11. The number of nitrogens with zero attached hydrogens (tertiary/aromatic N) is 1. The SMILES string of the molecule is COc1ccc(C)cc1CNCc1cnccc1C. The molecule has 1 aromatic carbocycles. The normalized spacial score (nSPS) is 10.5. The van der Waals surface area contributed by atoms with Gasteiger partial charge in [0.15, 0.2) is 0 Å². The van der Waals surface area contributed by atoms with E-state index in [4.69, 9.17) is 4.74 Å². The Labute approximate surface area is 114 Å². The van der Waals surface area contributed by atoms with Crippen LogP contribution in [-0.2, 0) is 13.1 Å². The fourth-order valence-corrected chi connectivity index (χ4v) is 2.06. The quantitative estimate of drug-likeness (QED) is 0.893. The van der Waals surface area contributed by atoms with Crippen LogP contribution in [0, 0.1) is 13.8 Å². The van der Waals surface area contributed by atoms with Gasteiger partial charge in [0.25, 0.3) is 0 Å². The maximum Gasteiger partial charge on any atom is 0.123 e. The van der Waals surface area contributed by atoms with Crippen LogP contribution in [0.1, 0.15) is 22.3 Å². The van der Waals surface area contributed by atoms with E-state index in [0.29, 0.717) is 0 Å². The Balaban J connectivity index is 2.00. The van der Waals surface area contributed by atoms with Gasteiger partial charge in [-0.25, -0.2) is 0 Å². The largest absolute Gasteiger partial charge is 0.496 e. The second-order valence-corrected chi connectivity index (χ2v) is 4.72. The molecule has 0 saturated heterocycles. The first-order valence-corrected chi connectivity index (χ1v) is 6.44. The summed E-state index contributed by atoms with van der Waals surface area (Å²) in [5, 5.41) is 3.44. The highest BCUT2D eigenvalue weighted by molar-refractivity contribution is 5.36. The van der Waals surface area contributed by atoms with Gasteiger partial charge in [-0.15, -0.1) is 0 Å². The number of methoxy groups -OCH3 is 1. The van der Waals surface area contributed by atoms with Crippen LogP contribution in [0.5, 0.6) is 5.75 Å². The van der Waals surface area contributed by atoms with E-state index in [9.17, 15) is 0 Å². The summed E-state index contributed by atoms with van der Waals surface area (Å²) in [4.78, 5) is 4.15. The van der Waals surface area contributed by atoms with E-state index < -0.39 is 0 Å². The summed E-state index contributed by atoms with van der Waals surface area (Å²) in [6.45, 7) is 5.80. The summed E-state index contributed by atoms with van der Waals surface area (Å²) in [7, 11) is 1.71. The van der Waals surface area contributed by atoms with Crippen LogP contribution < -0.4 is 10.1 Å². The molecule has 0 bridgehead atoms. The number of benzene rings is 1. The molecule has 1 aromatic heterocycles. The minimum Gasteiger partial charge on any atom is -0.496 e. The molecule has 0 amide bonds. The van der Waals surface area contributed by atoms with Crippen molar-refractivity contribution in [2.75, 3.05) is 7.11 Å². The van der Waals surface area contributed by atoms with Crippen LogP contribution in [0.15, 0.2) is 36.7 Å². The third kappa shape index (κ3) is 3.55. The van der Waals surface area contributed by atoms with Crippen molar-refractivity contribution in [2.45, 2.75) is 26.9 Å². The Morgan fingerprint density at radius 3 is 2.63 bits per heavy atom. The number of rotatable bonds is 5. The van der Waals surface area contributed by atoms with Crippen LogP contribution >= 0.6 is 0 Å². The average molecular weight is 256 g/mol. The zero-order valence-corrected chi connectivity index (χ0v) is 11.7. The Bertz CT molecular complexity index is 552. The molecule has 0 spiro atoms. The highest BCUT2D eigenvalue weighted by atomic mass is 16.5. The first kappa shape index (κ1) is 13.6. The molecular formula is C16H20N2O. The van der Waals surface area contributed by atoms with E-state index in [1.807, 2.05) is 24.5 Å². The second kappa shape index (κ2) is 6.34. The maximum atomic E-state index is 5.37. The fraction of sp³-hybridized carbons (Fsp3) is 0.312. The number of pyridine rings is 1. The molecule has 19 heavy (non-hydrogen) atoms. The van der Waals surface area contributed by atoms with Gasteiger partial charge in [-0.2, -0.15) is 0 Å². The number of nitrogens with one attached hydrogen (secondary N) is 1. The van der Waals surface area contributed by atoms with Crippen molar-refractivity contribution in [2.24, 2.45) is 0 Å². The molecule has 1 N–H and O–H groups in total. The van der Waals surface area contributed by atoms with Crippen molar-refractivity contribution in [3.8, 4) is 5.75 Å². The van der Waals surface area contributed by atoms with Gasteiger partial charge < -0.3 is 10.1 Å². The Morgan fingerprint density at radius 1 is 1.11 bits per heavy atom. The molecule has 1 heterocycles. The predicted molar refractivity (Wildman–Crippen MR) is 77.2 cm³/mol. The molecule has 3 heteroatoms. The zero-order chi connectivity index (χ0) is 13.7. The number of aromatic nitrogens is 1. The Morgan fingerprint density at radius 2 is 1.89 bits per heavy atom. The molecule has 0 aliphatic carbocycles. The highest BCUT2D eigenvalue weighted by Gasteiger charge is 2.03. The molecule has 0 atom stereocenters. The van der Waals surface area contributed by atoms with Crippen molar-refractivity contribution < 1.29 is 4.74 Å². The van der Waals surface area contributed by atoms with Gasteiger partial charge in [-0.1, -0.05) is 17.7 Å². The lowest BCUT2D eigenvalue weighted by molar-refractivity contribution is 0.407. The van der Waals surface area contributed by atoms with Crippen LogP contribution in [0.4, 0.5) is 0 Å². The topological polar surface area (TPSA) is 34.1 Å². The van der Waals surface area contributed by atoms with E-state index in [1.54, 1.807) is 7.11 Å². The van der Waals surface area contributed by atoms with Crippen LogP contribution in [0.2, 0.25) is 0 Å². The molecule has 0 aliphatic heterocycles. The lowest BCUT2D eigenvalue weighted by Crippen LogP contribution is -2.14. The van der Waals surface area contributed by atoms with Crippen LogP contribution in [0.25, 0.3) is 0 Å². The van der Waals surface area contributed by atoms with Gasteiger partial charge in [-0.05, 0) is 37.1 Å². The Kier molecular flexibility index (Phi) is 4.53. The molecule has 100 valence electrons. The summed E-state index contributed by atoms with van der Waals surface area (Å²) < 4.78 is 5.37. The Hall–Kier alpha value is -1.87. The van der Waals surface area contributed by atoms with Gasteiger partial charge in [0.1, 0.15) is 5.75 Å². The number of hydrogen-bond acceptors (Lipinski definition) is 3. The molecular weight excluding hydrogens is 236 g/mol. The van der Waals surface area contributed by atoms with Crippen molar-refractivity contribution in [1.82, 2.24) is 10.3 Å². The van der Waals surface area contributed by atoms with E-state index in [1.165, 1.54) is 22.3 Å². The van der Waals surface area contributed by atoms with Gasteiger partial charge in [0.2, 0.25) is 0 Å². The molecule has 0 fully saturated rings. The molecule has 3 nitrogen and oxygen atoms in total. The minimum absolute atomic E-state index is 0.791. The summed E-state index contributed by atoms with van der Waals surface area (Å²) in [6.07, 6.45) is 3.73. The van der Waals surface area contributed by atoms with Crippen molar-refractivity contribution in [1.29, 1.82) is 0 Å². The molecule has 0 unspecified atom stereocenters. The van der Waals surface area contributed by atoms with Gasteiger partial charge in [0.05, 0.1) is 7.11 Å². The predicted octanol–water partition coefficient (Wildman–Crippen LogP) is 3.00. The van der Waals surface area contributed by atoms with Crippen molar-refractivity contribution in [3.05, 3.63) is 58.9 Å². The third-order valence-corrected chi connectivity index (χ3v) is 3.21. The monoisotopic (exact) mass is 256 g/mol. The van der Waals surface area contributed by atoms with E-state index >= 15 is 0 Å². The standard InChI is InChI=1S/C16H20N2O/c1-12-4-5-16(19-3)14(8-12)9-18-11-15-10-17-7-6-13(15)2/h4-8,10,18H,9,11H2,1-3H3. The van der Waals surface area contributed by atoms with Gasteiger partial charge in [-0.3, -0.25) is 4.98 Å². The van der Waals surface area contributed by atoms with E-state index in [2.05, 4.69) is 36.3 Å². The van der Waals surface area contributed by atoms with E-state index in [-0.39, 0.29) is 0 Å². The van der Waals surface area contributed by atoms with Crippen molar-refractivity contribution >= 4 is 0 Å². The van der Waals surface area contributed by atoms with Crippen LogP contribution in [-0.4, -0.2) is 12.1 Å². The first-order chi connectivity index (χ1) is 9.20. The summed E-state index contributed by atoms with van der Waals surface area (Å²) in [5.41, 5.74) is 4.92. The molecule has 2 rings (SSSR count). The average Bonchev–Trinajstić information content (AvgIpc) is 2.41. The summed E-state index contributed by atoms with van der Waals surface area (Å²) in [6, 6.07) is 8.27. The lowest BCUT2D eigenvalue weighted by atomic mass is 10.1. The number of ether oxygens (including phenoxy) is 1. The molecule has 0 aliphatic rings. The van der Waals surface area contributed by atoms with Crippen LogP contribution in [0.3, 0.4) is 0 Å². The smallest absolute Gasteiger partial charge is 0.123 e. The van der Waals surface area contributed by atoms with Gasteiger partial charge >= 0.3 is 0 Å². The molecule has 2 aromatic rings. The minimum atomic E-state index is 0.791. The molecule has 0 radical (unpaired) electrons. The highest BCUT2D eigenvalue weighted by Crippen LogP contribution is 2.19. The second-order valence-electron chi connectivity index (χ2n) is 4.72. The summed E-state index contributed by atoms with van der Waals surface area (Å²) in [5.74, 6) is 0.931. The number of hydrogen-bond donors (Lipinski definition) is 1. The third-order valence-electron chi connectivity index (χ3n) is 3.21. The fourth-order valence-electron chi connectivity index (χ4n) is 2.06. The number of aryl methyl sites for hydroxylation is 2. The van der Waals surface area contributed by atoms with Gasteiger partial charge in [0, 0.05) is 31.0 Å². The zero-order valence-electron chi connectivity index (χ0n) is 11.7. The first-order valence-electron chi connectivity index (χ1n) is 6.44. The van der Waals surface area contributed by atoms with E-state index in [0.717, 1.165) is 18.8 Å². The molecule has 0 saturated carbocycles. The van der Waals surface area contributed by atoms with Crippen molar-refractivity contribution in [3.63, 3.8) is 0 Å². The maximum absolute atomic E-state index is 5.37. The summed E-state index contributed by atoms with van der Waals surface area (Å²) >= 11 is 0.